The molecule has 0 atom stereocenters. The highest BCUT2D eigenvalue weighted by molar-refractivity contribution is 5.99. The Morgan fingerprint density at radius 3 is 2.30 bits per heavy atom. The maximum atomic E-state index is 12.1. The number of hydrogen-bond donors (Lipinski definition) is 2. The highest BCUT2D eigenvalue weighted by atomic mass is 16.2. The largest absolute Gasteiger partial charge is 0.343 e. The van der Waals surface area contributed by atoms with Gasteiger partial charge >= 0.3 is 0 Å². The van der Waals surface area contributed by atoms with Gasteiger partial charge in [-0.1, -0.05) is 32.9 Å². The number of carbonyl (C=O) groups excluding carboxylic acids is 2. The minimum Gasteiger partial charge on any atom is -0.343 e. The molecule has 2 amide bonds. The number of nitrogens with one attached hydrogen (secondary N) is 2. The molecule has 0 bridgehead atoms. The van der Waals surface area contributed by atoms with Gasteiger partial charge in [0.2, 0.25) is 5.91 Å². The molecule has 23 heavy (non-hydrogen) atoms. The van der Waals surface area contributed by atoms with E-state index in [2.05, 4.69) is 36.5 Å². The number of nitrogens with zero attached hydrogens (tertiary/aromatic N) is 2. The summed E-state index contributed by atoms with van der Waals surface area (Å²) < 4.78 is 1.59. The van der Waals surface area contributed by atoms with E-state index >= 15 is 0 Å². The fraction of sp³-hybridized carbons (Fsp3) is 0.353. The lowest BCUT2D eigenvalue weighted by Crippen LogP contribution is -2.33. The maximum absolute atomic E-state index is 12.1. The monoisotopic (exact) mass is 314 g/mol. The Morgan fingerprint density at radius 1 is 1.13 bits per heavy atom. The minimum atomic E-state index is -0.316. The van der Waals surface area contributed by atoms with Crippen molar-refractivity contribution >= 4 is 17.6 Å². The molecule has 2 aromatic rings. The van der Waals surface area contributed by atoms with Crippen molar-refractivity contribution in [2.24, 2.45) is 7.05 Å². The summed E-state index contributed by atoms with van der Waals surface area (Å²) in [7, 11) is 1.76. The molecule has 0 aliphatic rings. The molecule has 0 radical (unpaired) electrons. The number of aromatic nitrogens is 2. The third-order valence-corrected chi connectivity index (χ3v) is 3.40. The third kappa shape index (κ3) is 4.67. The van der Waals surface area contributed by atoms with Crippen molar-refractivity contribution in [3.8, 4) is 0 Å². The van der Waals surface area contributed by atoms with E-state index in [-0.39, 0.29) is 23.8 Å². The topological polar surface area (TPSA) is 76.0 Å². The first-order chi connectivity index (χ1) is 10.8. The lowest BCUT2D eigenvalue weighted by Gasteiger charge is -2.19. The molecule has 2 rings (SSSR count). The normalized spacial score (nSPS) is 11.1. The number of hydrogen-bond acceptors (Lipinski definition) is 3. The SMILES string of the molecule is Cn1ccc(NC(=O)CNC(=O)c2ccc(C(C)(C)C)cc2)n1. The summed E-state index contributed by atoms with van der Waals surface area (Å²) in [6.45, 7) is 6.24. The molecule has 0 unspecified atom stereocenters. The van der Waals surface area contributed by atoms with E-state index in [1.807, 2.05) is 12.1 Å². The molecule has 2 N–H and O–H groups in total. The van der Waals surface area contributed by atoms with Crippen LogP contribution >= 0.6 is 0 Å². The summed E-state index contributed by atoms with van der Waals surface area (Å²) >= 11 is 0. The predicted molar refractivity (Wildman–Crippen MR) is 89.3 cm³/mol. The molecule has 0 aliphatic carbocycles. The molecule has 0 saturated carbocycles. The average molecular weight is 314 g/mol. The first-order valence-electron chi connectivity index (χ1n) is 7.44. The first kappa shape index (κ1) is 16.7. The van der Waals surface area contributed by atoms with Gasteiger partial charge in [-0.3, -0.25) is 14.3 Å². The molecule has 0 spiro atoms. The van der Waals surface area contributed by atoms with Crippen LogP contribution in [0.3, 0.4) is 0 Å². The van der Waals surface area contributed by atoms with Crippen LogP contribution in [0.4, 0.5) is 5.82 Å². The van der Waals surface area contributed by atoms with Gasteiger partial charge in [0.1, 0.15) is 0 Å². The van der Waals surface area contributed by atoms with Crippen molar-refractivity contribution < 1.29 is 9.59 Å². The zero-order valence-electron chi connectivity index (χ0n) is 13.9. The third-order valence-electron chi connectivity index (χ3n) is 3.40. The second kappa shape index (κ2) is 6.64. The zero-order chi connectivity index (χ0) is 17.0. The van der Waals surface area contributed by atoms with Gasteiger partial charge in [0.15, 0.2) is 5.82 Å². The standard InChI is InChI=1S/C17H22N4O2/c1-17(2,3)13-7-5-12(6-8-13)16(23)18-11-15(22)19-14-9-10-21(4)20-14/h5-10H,11H2,1-4H3,(H,18,23)(H,19,20,22). The van der Waals surface area contributed by atoms with Gasteiger partial charge in [-0.05, 0) is 23.1 Å². The molecule has 122 valence electrons. The summed E-state index contributed by atoms with van der Waals surface area (Å²) in [4.78, 5) is 23.8. The number of aryl methyl sites for hydroxylation is 1. The molecule has 1 aromatic heterocycles. The van der Waals surface area contributed by atoms with Gasteiger partial charge in [-0.15, -0.1) is 0 Å². The van der Waals surface area contributed by atoms with Gasteiger partial charge in [-0.2, -0.15) is 5.10 Å². The van der Waals surface area contributed by atoms with Gasteiger partial charge in [0.25, 0.3) is 5.91 Å². The Balaban J connectivity index is 1.88. The summed E-state index contributed by atoms with van der Waals surface area (Å²) in [5, 5.41) is 9.25. The molecule has 1 heterocycles. The second-order valence-electron chi connectivity index (χ2n) is 6.43. The molecule has 6 heteroatoms. The minimum absolute atomic E-state index is 0.0393. The number of anilines is 1. The van der Waals surface area contributed by atoms with Crippen LogP contribution in [0, 0.1) is 0 Å². The number of rotatable bonds is 4. The van der Waals surface area contributed by atoms with Crippen LogP contribution in [-0.4, -0.2) is 28.1 Å². The van der Waals surface area contributed by atoms with Crippen molar-refractivity contribution in [2.75, 3.05) is 11.9 Å². The highest BCUT2D eigenvalue weighted by Gasteiger charge is 2.14. The maximum Gasteiger partial charge on any atom is 0.251 e. The number of carbonyl (C=O) groups is 2. The second-order valence-corrected chi connectivity index (χ2v) is 6.43. The molecule has 1 aromatic carbocycles. The number of amides is 2. The lowest BCUT2D eigenvalue weighted by atomic mass is 9.87. The van der Waals surface area contributed by atoms with Crippen molar-refractivity contribution in [1.29, 1.82) is 0 Å². The van der Waals surface area contributed by atoms with E-state index in [0.29, 0.717) is 11.4 Å². The van der Waals surface area contributed by atoms with Gasteiger partial charge in [0, 0.05) is 24.9 Å². The Morgan fingerprint density at radius 2 is 1.78 bits per heavy atom. The average Bonchev–Trinajstić information content (AvgIpc) is 2.89. The molecular weight excluding hydrogens is 292 g/mol. The summed E-state index contributed by atoms with van der Waals surface area (Å²) in [5.41, 5.74) is 1.72. The van der Waals surface area contributed by atoms with E-state index in [9.17, 15) is 9.59 Å². The van der Waals surface area contributed by atoms with E-state index in [1.54, 1.807) is 36.1 Å². The Kier molecular flexibility index (Phi) is 4.83. The van der Waals surface area contributed by atoms with Crippen LogP contribution in [0.15, 0.2) is 36.5 Å². The Labute approximate surface area is 135 Å². The van der Waals surface area contributed by atoms with E-state index in [0.717, 1.165) is 5.56 Å². The van der Waals surface area contributed by atoms with E-state index < -0.39 is 0 Å². The molecule has 6 nitrogen and oxygen atoms in total. The highest BCUT2D eigenvalue weighted by Crippen LogP contribution is 2.22. The van der Waals surface area contributed by atoms with Gasteiger partial charge < -0.3 is 10.6 Å². The van der Waals surface area contributed by atoms with Gasteiger partial charge in [-0.25, -0.2) is 0 Å². The van der Waals surface area contributed by atoms with Crippen molar-refractivity contribution in [3.63, 3.8) is 0 Å². The van der Waals surface area contributed by atoms with Crippen LogP contribution in [0.1, 0.15) is 36.7 Å². The van der Waals surface area contributed by atoms with Crippen LogP contribution in [0.5, 0.6) is 0 Å². The molecule has 0 aliphatic heterocycles. The fourth-order valence-corrected chi connectivity index (χ4v) is 2.05. The van der Waals surface area contributed by atoms with Crippen LogP contribution in [0.25, 0.3) is 0 Å². The molecule has 0 fully saturated rings. The lowest BCUT2D eigenvalue weighted by molar-refractivity contribution is -0.115. The Hall–Kier alpha value is -2.63. The van der Waals surface area contributed by atoms with E-state index in [4.69, 9.17) is 0 Å². The summed E-state index contributed by atoms with van der Waals surface area (Å²) in [5.74, 6) is -0.133. The van der Waals surface area contributed by atoms with Gasteiger partial charge in [0.05, 0.1) is 6.54 Å². The van der Waals surface area contributed by atoms with Crippen LogP contribution in [0.2, 0.25) is 0 Å². The van der Waals surface area contributed by atoms with Crippen molar-refractivity contribution in [1.82, 2.24) is 15.1 Å². The smallest absolute Gasteiger partial charge is 0.251 e. The summed E-state index contributed by atoms with van der Waals surface area (Å²) in [6.07, 6.45) is 1.73. The quantitative estimate of drug-likeness (QED) is 0.907. The fourth-order valence-electron chi connectivity index (χ4n) is 2.05. The van der Waals surface area contributed by atoms with Crippen molar-refractivity contribution in [2.45, 2.75) is 26.2 Å². The molecular formula is C17H22N4O2. The predicted octanol–water partition coefficient (Wildman–Crippen LogP) is 2.09. The Bertz CT molecular complexity index is 696. The summed E-state index contributed by atoms with van der Waals surface area (Å²) in [6, 6.07) is 9.09. The van der Waals surface area contributed by atoms with E-state index in [1.165, 1.54) is 0 Å². The molecule has 0 saturated heterocycles. The van der Waals surface area contributed by atoms with Crippen molar-refractivity contribution in [3.05, 3.63) is 47.7 Å². The number of benzene rings is 1. The first-order valence-corrected chi connectivity index (χ1v) is 7.44. The van der Waals surface area contributed by atoms with Crippen LogP contribution in [-0.2, 0) is 17.3 Å². The van der Waals surface area contributed by atoms with Crippen LogP contribution < -0.4 is 10.6 Å². The zero-order valence-corrected chi connectivity index (χ0v) is 13.9.